The molecule has 0 radical (unpaired) electrons. The summed E-state index contributed by atoms with van der Waals surface area (Å²) in [5, 5.41) is 18.6. The molecule has 90 valence electrons. The first-order valence-electron chi connectivity index (χ1n) is 4.94. The Balaban J connectivity index is 2.31. The summed E-state index contributed by atoms with van der Waals surface area (Å²) in [6.45, 7) is 2.29. The molecule has 0 saturated heterocycles. The van der Waals surface area contributed by atoms with Gasteiger partial charge in [-0.25, -0.2) is 4.68 Å². The third kappa shape index (κ3) is 1.84. The Bertz CT molecular complexity index is 570. The van der Waals surface area contributed by atoms with Gasteiger partial charge < -0.3 is 5.73 Å². The highest BCUT2D eigenvalue weighted by molar-refractivity contribution is 5.51. The van der Waals surface area contributed by atoms with E-state index in [1.807, 2.05) is 14.0 Å². The summed E-state index contributed by atoms with van der Waals surface area (Å²) >= 11 is 0. The van der Waals surface area contributed by atoms with E-state index < -0.39 is 4.92 Å². The van der Waals surface area contributed by atoms with Crippen LogP contribution in [0.15, 0.2) is 12.4 Å². The largest absolute Gasteiger partial charge is 0.378 e. The molecule has 8 heteroatoms. The Kier molecular flexibility index (Phi) is 2.54. The number of hydrogen-bond donors (Lipinski definition) is 1. The van der Waals surface area contributed by atoms with Crippen molar-refractivity contribution in [2.45, 2.75) is 13.5 Å². The number of anilines is 1. The second-order valence-corrected chi connectivity index (χ2v) is 3.71. The smallest absolute Gasteiger partial charge is 0.330 e. The van der Waals surface area contributed by atoms with E-state index in [1.165, 1.54) is 4.68 Å². The van der Waals surface area contributed by atoms with E-state index >= 15 is 0 Å². The van der Waals surface area contributed by atoms with Crippen LogP contribution in [-0.2, 0) is 13.6 Å². The summed E-state index contributed by atoms with van der Waals surface area (Å²) in [6, 6.07) is 0. The zero-order valence-electron chi connectivity index (χ0n) is 9.49. The van der Waals surface area contributed by atoms with Gasteiger partial charge >= 0.3 is 5.69 Å². The number of nitrogens with two attached hydrogens (primary N) is 1. The molecule has 0 fully saturated rings. The van der Waals surface area contributed by atoms with Crippen molar-refractivity contribution in [1.29, 1.82) is 0 Å². The van der Waals surface area contributed by atoms with Gasteiger partial charge in [-0.15, -0.1) is 0 Å². The fourth-order valence-electron chi connectivity index (χ4n) is 1.51. The fourth-order valence-corrected chi connectivity index (χ4v) is 1.51. The van der Waals surface area contributed by atoms with Crippen molar-refractivity contribution in [3.05, 3.63) is 33.8 Å². The van der Waals surface area contributed by atoms with Gasteiger partial charge in [0.2, 0.25) is 5.82 Å². The molecule has 8 nitrogen and oxygen atoms in total. The molecule has 2 aromatic heterocycles. The van der Waals surface area contributed by atoms with Crippen molar-refractivity contribution in [3.63, 3.8) is 0 Å². The van der Waals surface area contributed by atoms with Gasteiger partial charge in [0, 0.05) is 18.3 Å². The molecule has 0 aromatic carbocycles. The molecular formula is C9H12N6O2. The van der Waals surface area contributed by atoms with Gasteiger partial charge in [0.25, 0.3) is 0 Å². The molecule has 0 aliphatic heterocycles. The topological polar surface area (TPSA) is 105 Å². The molecule has 2 heterocycles. The molecule has 0 unspecified atom stereocenters. The first-order chi connectivity index (χ1) is 8.00. The number of nitro groups is 1. The average molecular weight is 236 g/mol. The molecule has 0 amide bonds. The lowest BCUT2D eigenvalue weighted by atomic mass is 10.2. The first kappa shape index (κ1) is 11.1. The van der Waals surface area contributed by atoms with Crippen LogP contribution in [0.3, 0.4) is 0 Å². The number of aromatic nitrogens is 4. The summed E-state index contributed by atoms with van der Waals surface area (Å²) in [5.41, 5.74) is 7.37. The van der Waals surface area contributed by atoms with Crippen molar-refractivity contribution in [2.24, 2.45) is 7.05 Å². The van der Waals surface area contributed by atoms with Gasteiger partial charge in [-0.3, -0.25) is 14.8 Å². The predicted octanol–water partition coefficient (Wildman–Crippen LogP) is 0.464. The Morgan fingerprint density at radius 2 is 2.18 bits per heavy atom. The minimum atomic E-state index is -0.547. The van der Waals surface area contributed by atoms with E-state index in [-0.39, 0.29) is 11.5 Å². The number of rotatable bonds is 3. The van der Waals surface area contributed by atoms with Crippen LogP contribution in [0, 0.1) is 17.0 Å². The molecule has 0 bridgehead atoms. The minimum absolute atomic E-state index is 0.0539. The number of nitrogens with zero attached hydrogens (tertiary/aromatic N) is 5. The Morgan fingerprint density at radius 3 is 2.65 bits per heavy atom. The summed E-state index contributed by atoms with van der Waals surface area (Å²) in [5.74, 6) is 0.0539. The van der Waals surface area contributed by atoms with E-state index in [2.05, 4.69) is 10.2 Å². The van der Waals surface area contributed by atoms with Gasteiger partial charge in [0.05, 0.1) is 17.7 Å². The summed E-state index contributed by atoms with van der Waals surface area (Å²) in [7, 11) is 1.83. The molecule has 0 spiro atoms. The number of nitrogen functional groups attached to an aromatic ring is 1. The summed E-state index contributed by atoms with van der Waals surface area (Å²) in [4.78, 5) is 10.1. The van der Waals surface area contributed by atoms with Crippen LogP contribution in [0.2, 0.25) is 0 Å². The van der Waals surface area contributed by atoms with Gasteiger partial charge in [-0.05, 0) is 6.92 Å². The van der Waals surface area contributed by atoms with E-state index in [0.29, 0.717) is 6.54 Å². The van der Waals surface area contributed by atoms with Crippen LogP contribution >= 0.6 is 0 Å². The van der Waals surface area contributed by atoms with Crippen LogP contribution in [-0.4, -0.2) is 24.5 Å². The van der Waals surface area contributed by atoms with Gasteiger partial charge in [0.15, 0.2) is 0 Å². The molecule has 0 atom stereocenters. The molecule has 2 N–H and O–H groups in total. The standard InChI is InChI=1S/C9H12N6O2/c1-6-7(3-11-13(6)2)5-14-9(10)8(4-12-14)15(16)17/h3-4H,5,10H2,1-2H3. The van der Waals surface area contributed by atoms with Crippen LogP contribution in [0.25, 0.3) is 0 Å². The maximum absolute atomic E-state index is 10.6. The van der Waals surface area contributed by atoms with Crippen molar-refractivity contribution < 1.29 is 4.92 Å². The second kappa shape index (κ2) is 3.89. The summed E-state index contributed by atoms with van der Waals surface area (Å²) in [6.07, 6.45) is 2.85. The van der Waals surface area contributed by atoms with E-state index in [9.17, 15) is 10.1 Å². The third-order valence-corrected chi connectivity index (χ3v) is 2.71. The monoisotopic (exact) mass is 236 g/mol. The molecule has 2 rings (SSSR count). The minimum Gasteiger partial charge on any atom is -0.378 e. The lowest BCUT2D eigenvalue weighted by Crippen LogP contribution is -2.07. The van der Waals surface area contributed by atoms with Crippen molar-refractivity contribution in [3.8, 4) is 0 Å². The Labute approximate surface area is 96.8 Å². The highest BCUT2D eigenvalue weighted by Gasteiger charge is 2.18. The zero-order valence-corrected chi connectivity index (χ0v) is 9.49. The van der Waals surface area contributed by atoms with Crippen LogP contribution in [0.4, 0.5) is 11.5 Å². The zero-order chi connectivity index (χ0) is 12.6. The normalized spacial score (nSPS) is 10.7. The molecular weight excluding hydrogens is 224 g/mol. The van der Waals surface area contributed by atoms with Gasteiger partial charge in [-0.1, -0.05) is 0 Å². The lowest BCUT2D eigenvalue weighted by molar-refractivity contribution is -0.384. The highest BCUT2D eigenvalue weighted by Crippen LogP contribution is 2.21. The summed E-state index contributed by atoms with van der Waals surface area (Å²) < 4.78 is 3.12. The van der Waals surface area contributed by atoms with E-state index in [4.69, 9.17) is 5.73 Å². The molecule has 0 aliphatic rings. The van der Waals surface area contributed by atoms with Gasteiger partial charge in [-0.2, -0.15) is 10.2 Å². The molecule has 0 saturated carbocycles. The van der Waals surface area contributed by atoms with Crippen LogP contribution in [0.1, 0.15) is 11.3 Å². The lowest BCUT2D eigenvalue weighted by Gasteiger charge is -2.02. The average Bonchev–Trinajstić information content (AvgIpc) is 2.77. The van der Waals surface area contributed by atoms with E-state index in [0.717, 1.165) is 17.5 Å². The van der Waals surface area contributed by atoms with Crippen LogP contribution < -0.4 is 5.73 Å². The van der Waals surface area contributed by atoms with Gasteiger partial charge in [0.1, 0.15) is 6.20 Å². The quantitative estimate of drug-likeness (QED) is 0.615. The fraction of sp³-hybridized carbons (Fsp3) is 0.333. The third-order valence-electron chi connectivity index (χ3n) is 2.71. The maximum atomic E-state index is 10.6. The van der Waals surface area contributed by atoms with Crippen molar-refractivity contribution in [1.82, 2.24) is 19.6 Å². The molecule has 2 aromatic rings. The number of hydrogen-bond acceptors (Lipinski definition) is 5. The molecule has 17 heavy (non-hydrogen) atoms. The SMILES string of the molecule is Cc1c(Cn2ncc([N+](=O)[O-])c2N)cnn1C. The number of aryl methyl sites for hydroxylation is 1. The highest BCUT2D eigenvalue weighted by atomic mass is 16.6. The molecule has 0 aliphatic carbocycles. The van der Waals surface area contributed by atoms with Crippen LogP contribution in [0.5, 0.6) is 0 Å². The second-order valence-electron chi connectivity index (χ2n) is 3.71. The van der Waals surface area contributed by atoms with Crippen molar-refractivity contribution in [2.75, 3.05) is 5.73 Å². The maximum Gasteiger partial charge on any atom is 0.330 e. The predicted molar refractivity (Wildman–Crippen MR) is 60.3 cm³/mol. The Hall–Kier alpha value is -2.38. The van der Waals surface area contributed by atoms with E-state index in [1.54, 1.807) is 10.9 Å². The first-order valence-corrected chi connectivity index (χ1v) is 4.94. The Morgan fingerprint density at radius 1 is 1.47 bits per heavy atom. The van der Waals surface area contributed by atoms with Crippen molar-refractivity contribution >= 4 is 11.5 Å².